The van der Waals surface area contributed by atoms with Crippen LogP contribution < -0.4 is 0 Å². The van der Waals surface area contributed by atoms with E-state index in [4.69, 9.17) is 16.7 Å². The lowest BCUT2D eigenvalue weighted by molar-refractivity contribution is 0.0690. The van der Waals surface area contributed by atoms with E-state index in [1.54, 1.807) is 24.1 Å². The van der Waals surface area contributed by atoms with Gasteiger partial charge in [-0.3, -0.25) is 9.48 Å². The van der Waals surface area contributed by atoms with Gasteiger partial charge in [0.05, 0.1) is 16.8 Å². The van der Waals surface area contributed by atoms with E-state index in [0.29, 0.717) is 23.8 Å². The number of nitrogens with zero attached hydrogens (tertiary/aromatic N) is 3. The highest BCUT2D eigenvalue weighted by Gasteiger charge is 2.28. The number of rotatable bonds is 3. The third-order valence-electron chi connectivity index (χ3n) is 4.43. The fourth-order valence-corrected chi connectivity index (χ4v) is 3.38. The first-order valence-electron chi connectivity index (χ1n) is 7.77. The molecule has 0 bridgehead atoms. The Morgan fingerprint density at radius 3 is 2.58 bits per heavy atom. The molecule has 0 radical (unpaired) electrons. The zero-order valence-electron chi connectivity index (χ0n) is 13.3. The Labute approximate surface area is 144 Å². The maximum atomic E-state index is 12.7. The van der Waals surface area contributed by atoms with Gasteiger partial charge in [0, 0.05) is 26.1 Å². The van der Waals surface area contributed by atoms with Gasteiger partial charge in [0.15, 0.2) is 0 Å². The third kappa shape index (κ3) is 3.14. The molecule has 6 nitrogen and oxygen atoms in total. The molecule has 2 heterocycles. The first kappa shape index (κ1) is 16.5. The van der Waals surface area contributed by atoms with E-state index in [1.807, 2.05) is 12.1 Å². The van der Waals surface area contributed by atoms with Crippen molar-refractivity contribution in [2.75, 3.05) is 13.1 Å². The number of hydrogen-bond donors (Lipinski definition) is 1. The van der Waals surface area contributed by atoms with Crippen LogP contribution in [0.15, 0.2) is 30.5 Å². The Hall–Kier alpha value is -2.34. The highest BCUT2D eigenvalue weighted by Crippen LogP contribution is 2.29. The van der Waals surface area contributed by atoms with Gasteiger partial charge in [-0.15, -0.1) is 0 Å². The molecular formula is C17H18ClN3O3. The van der Waals surface area contributed by atoms with Gasteiger partial charge >= 0.3 is 5.97 Å². The summed E-state index contributed by atoms with van der Waals surface area (Å²) in [4.78, 5) is 25.5. The van der Waals surface area contributed by atoms with E-state index < -0.39 is 5.97 Å². The molecule has 1 saturated heterocycles. The standard InChI is InChI=1S/C17H18ClN3O3/c1-20-15(14(18)9-19-20)16(22)21-8-2-3-13(10-21)11-4-6-12(7-5-11)17(23)24/h4-7,9,13H,2-3,8,10H2,1H3,(H,23,24)/t13-/m1/s1. The van der Waals surface area contributed by atoms with Crippen molar-refractivity contribution < 1.29 is 14.7 Å². The predicted octanol–water partition coefficient (Wildman–Crippen LogP) is 2.79. The van der Waals surface area contributed by atoms with Crippen LogP contribution in [0, 0.1) is 0 Å². The van der Waals surface area contributed by atoms with Gasteiger partial charge in [0.25, 0.3) is 5.91 Å². The summed E-state index contributed by atoms with van der Waals surface area (Å²) < 4.78 is 1.50. The molecule has 1 N–H and O–H groups in total. The molecule has 1 aliphatic heterocycles. The van der Waals surface area contributed by atoms with Gasteiger partial charge in [-0.2, -0.15) is 5.10 Å². The number of carboxylic acids is 1. The maximum Gasteiger partial charge on any atom is 0.335 e. The van der Waals surface area contributed by atoms with E-state index in [-0.39, 0.29) is 17.4 Å². The summed E-state index contributed by atoms with van der Waals surface area (Å²) in [6, 6.07) is 6.88. The van der Waals surface area contributed by atoms with Crippen LogP contribution in [0.3, 0.4) is 0 Å². The molecule has 24 heavy (non-hydrogen) atoms. The molecule has 1 aromatic heterocycles. The first-order valence-corrected chi connectivity index (χ1v) is 8.15. The number of aromatic nitrogens is 2. The van der Waals surface area contributed by atoms with Crippen LogP contribution >= 0.6 is 11.6 Å². The van der Waals surface area contributed by atoms with Crippen molar-refractivity contribution >= 4 is 23.5 Å². The lowest BCUT2D eigenvalue weighted by Gasteiger charge is -2.33. The van der Waals surface area contributed by atoms with Crippen LogP contribution in [-0.2, 0) is 7.05 Å². The predicted molar refractivity (Wildman–Crippen MR) is 89.5 cm³/mol. The molecule has 126 valence electrons. The average Bonchev–Trinajstić information content (AvgIpc) is 2.93. The van der Waals surface area contributed by atoms with Crippen molar-refractivity contribution in [3.8, 4) is 0 Å². The number of likely N-dealkylation sites (tertiary alicyclic amines) is 1. The SMILES string of the molecule is Cn1ncc(Cl)c1C(=O)N1CCC[C@@H](c2ccc(C(=O)O)cc2)C1. The van der Waals surface area contributed by atoms with E-state index in [2.05, 4.69) is 5.10 Å². The number of halogens is 1. The lowest BCUT2D eigenvalue weighted by atomic mass is 9.90. The second kappa shape index (κ2) is 6.65. The minimum atomic E-state index is -0.937. The Balaban J connectivity index is 1.77. The van der Waals surface area contributed by atoms with Crippen LogP contribution in [0.25, 0.3) is 0 Å². The average molecular weight is 348 g/mol. The molecule has 1 atom stereocenters. The molecule has 0 spiro atoms. The quantitative estimate of drug-likeness (QED) is 0.926. The summed E-state index contributed by atoms with van der Waals surface area (Å²) >= 11 is 6.07. The molecule has 0 aliphatic carbocycles. The van der Waals surface area contributed by atoms with Crippen molar-refractivity contribution in [2.24, 2.45) is 7.05 Å². The highest BCUT2D eigenvalue weighted by atomic mass is 35.5. The molecule has 2 aromatic rings. The zero-order valence-corrected chi connectivity index (χ0v) is 14.0. The summed E-state index contributed by atoms with van der Waals surface area (Å²) in [5, 5.41) is 13.4. The largest absolute Gasteiger partial charge is 0.478 e. The number of aromatic carboxylic acids is 1. The van der Waals surface area contributed by atoms with Crippen LogP contribution in [0.1, 0.15) is 45.2 Å². The summed E-state index contributed by atoms with van der Waals surface area (Å²) in [6.07, 6.45) is 3.34. The second-order valence-electron chi connectivity index (χ2n) is 5.98. The summed E-state index contributed by atoms with van der Waals surface area (Å²) in [6.45, 7) is 1.27. The van der Waals surface area contributed by atoms with E-state index >= 15 is 0 Å². The van der Waals surface area contributed by atoms with Gasteiger partial charge in [-0.25, -0.2) is 4.79 Å². The maximum absolute atomic E-state index is 12.7. The molecule has 7 heteroatoms. The third-order valence-corrected chi connectivity index (χ3v) is 4.71. The second-order valence-corrected chi connectivity index (χ2v) is 6.39. The van der Waals surface area contributed by atoms with Crippen LogP contribution in [0.2, 0.25) is 5.02 Å². The number of amides is 1. The summed E-state index contributed by atoms with van der Waals surface area (Å²) in [5.74, 6) is -0.864. The highest BCUT2D eigenvalue weighted by molar-refractivity contribution is 6.33. The molecule has 1 fully saturated rings. The molecule has 0 saturated carbocycles. The number of aryl methyl sites for hydroxylation is 1. The monoisotopic (exact) mass is 347 g/mol. The lowest BCUT2D eigenvalue weighted by Crippen LogP contribution is -2.40. The smallest absolute Gasteiger partial charge is 0.335 e. The van der Waals surface area contributed by atoms with Crippen molar-refractivity contribution in [1.82, 2.24) is 14.7 Å². The van der Waals surface area contributed by atoms with E-state index in [0.717, 1.165) is 18.4 Å². The number of piperidine rings is 1. The minimum Gasteiger partial charge on any atom is -0.478 e. The Morgan fingerprint density at radius 1 is 1.29 bits per heavy atom. The molecule has 3 rings (SSSR count). The van der Waals surface area contributed by atoms with Crippen LogP contribution in [-0.4, -0.2) is 44.8 Å². The topological polar surface area (TPSA) is 75.4 Å². The molecule has 0 unspecified atom stereocenters. The molecule has 1 aromatic carbocycles. The van der Waals surface area contributed by atoms with Gasteiger partial charge in [0.2, 0.25) is 0 Å². The molecule has 1 aliphatic rings. The van der Waals surface area contributed by atoms with Gasteiger partial charge in [0.1, 0.15) is 5.69 Å². The van der Waals surface area contributed by atoms with Crippen LogP contribution in [0.5, 0.6) is 0 Å². The Morgan fingerprint density at radius 2 is 2.00 bits per heavy atom. The molecular weight excluding hydrogens is 330 g/mol. The first-order chi connectivity index (χ1) is 11.5. The van der Waals surface area contributed by atoms with Crippen molar-refractivity contribution in [3.63, 3.8) is 0 Å². The summed E-state index contributed by atoms with van der Waals surface area (Å²) in [5.41, 5.74) is 1.72. The van der Waals surface area contributed by atoms with E-state index in [1.165, 1.54) is 10.9 Å². The van der Waals surface area contributed by atoms with Crippen LogP contribution in [0.4, 0.5) is 0 Å². The number of benzene rings is 1. The van der Waals surface area contributed by atoms with Crippen molar-refractivity contribution in [1.29, 1.82) is 0 Å². The van der Waals surface area contributed by atoms with Crippen molar-refractivity contribution in [2.45, 2.75) is 18.8 Å². The Kier molecular flexibility index (Phi) is 4.57. The Bertz CT molecular complexity index is 750. The number of hydrogen-bond acceptors (Lipinski definition) is 3. The van der Waals surface area contributed by atoms with Gasteiger partial charge in [-0.05, 0) is 30.5 Å². The van der Waals surface area contributed by atoms with Gasteiger partial charge in [-0.1, -0.05) is 23.7 Å². The normalized spacial score (nSPS) is 17.8. The fraction of sp³-hybridized carbons (Fsp3) is 0.353. The zero-order chi connectivity index (χ0) is 17.3. The molecule has 1 amide bonds. The van der Waals surface area contributed by atoms with E-state index in [9.17, 15) is 9.59 Å². The summed E-state index contributed by atoms with van der Waals surface area (Å²) in [7, 11) is 1.70. The number of carboxylic acid groups (broad SMARTS) is 1. The van der Waals surface area contributed by atoms with Crippen molar-refractivity contribution in [3.05, 3.63) is 52.3 Å². The van der Waals surface area contributed by atoms with Gasteiger partial charge < -0.3 is 10.0 Å². The fourth-order valence-electron chi connectivity index (χ4n) is 3.13. The minimum absolute atomic E-state index is 0.119. The number of carbonyl (C=O) groups is 2. The number of carbonyl (C=O) groups excluding carboxylic acids is 1.